The lowest BCUT2D eigenvalue weighted by molar-refractivity contribution is -0.147. The van der Waals surface area contributed by atoms with Gasteiger partial charge >= 0.3 is 17.8 Å². The quantitative estimate of drug-likeness (QED) is 0.0362. The van der Waals surface area contributed by atoms with E-state index in [-0.39, 0.29) is 64.5 Å². The van der Waals surface area contributed by atoms with Gasteiger partial charge in [-0.25, -0.2) is 19.6 Å². The molecule has 2 N–H and O–H groups in total. The number of amides is 3. The minimum atomic E-state index is -1.02. The summed E-state index contributed by atoms with van der Waals surface area (Å²) in [5.74, 6) is -0.640. The predicted octanol–water partition coefficient (Wildman–Crippen LogP) is 6.85. The van der Waals surface area contributed by atoms with Crippen LogP contribution in [0.4, 0.5) is 0 Å². The van der Waals surface area contributed by atoms with Crippen molar-refractivity contribution in [1.29, 1.82) is 0 Å². The van der Waals surface area contributed by atoms with Crippen LogP contribution in [0.15, 0.2) is 84.1 Å². The number of ketones is 1. The number of rotatable bonds is 17. The van der Waals surface area contributed by atoms with Gasteiger partial charge in [0, 0.05) is 65.8 Å². The zero-order valence-corrected chi connectivity index (χ0v) is 40.7. The molecule has 3 amide bonds. The van der Waals surface area contributed by atoms with Crippen molar-refractivity contribution in [2.24, 2.45) is 33.9 Å². The zero-order valence-electron chi connectivity index (χ0n) is 39.1. The molecule has 4 fully saturated rings. The van der Waals surface area contributed by atoms with E-state index in [0.717, 1.165) is 5.39 Å². The second-order valence-corrected chi connectivity index (χ2v) is 18.0. The van der Waals surface area contributed by atoms with Crippen molar-refractivity contribution in [1.82, 2.24) is 20.6 Å². The van der Waals surface area contributed by atoms with Crippen LogP contribution in [0.1, 0.15) is 72.3 Å². The van der Waals surface area contributed by atoms with E-state index < -0.39 is 28.9 Å². The maximum Gasteiger partial charge on any atom is 0.332 e. The Morgan fingerprint density at radius 2 is 1.14 bits per heavy atom. The number of hydrogen-bond donors (Lipinski definition) is 2. The Bertz CT molecular complexity index is 2730. The third-order valence-electron chi connectivity index (χ3n) is 13.3. The number of fused-ring (bicyclic) bond motifs is 2. The van der Waals surface area contributed by atoms with Crippen molar-refractivity contribution in [2.45, 2.75) is 74.7 Å². The molecule has 4 aliphatic carbocycles. The first kappa shape index (κ1) is 50.1. The first-order valence-electron chi connectivity index (χ1n) is 22.5. The van der Waals surface area contributed by atoms with Gasteiger partial charge in [-0.05, 0) is 75.6 Å². The van der Waals surface area contributed by atoms with Crippen LogP contribution in [0.2, 0.25) is 0 Å². The number of nitrogens with one attached hydrogen (secondary N) is 2. The molecule has 2 aromatic heterocycles. The number of benzene rings is 2. The second-order valence-electron chi connectivity index (χ2n) is 17.4. The molecule has 19 heteroatoms. The lowest BCUT2D eigenvalue weighted by atomic mass is 10.1. The number of Topliss-reactive ketones (excluding diaryl/α,β-unsaturated/α-hetero) is 1. The number of carbonyl (C=O) groups is 6. The van der Waals surface area contributed by atoms with Crippen molar-refractivity contribution in [3.63, 3.8) is 0 Å². The van der Waals surface area contributed by atoms with Gasteiger partial charge in [0.05, 0.1) is 57.0 Å². The number of methoxy groups -OCH3 is 4. The highest BCUT2D eigenvalue weighted by atomic mass is 79.9. The predicted molar refractivity (Wildman–Crippen MR) is 256 cm³/mol. The number of halogens is 1. The number of alkyl halides is 1. The Balaban J connectivity index is 0.000000204. The van der Waals surface area contributed by atoms with Crippen LogP contribution in [-0.2, 0) is 28.7 Å². The topological polar surface area (TPSA) is 232 Å². The summed E-state index contributed by atoms with van der Waals surface area (Å²) in [6.45, 7) is 7.48. The fourth-order valence-corrected chi connectivity index (χ4v) is 9.49. The van der Waals surface area contributed by atoms with Gasteiger partial charge in [0.15, 0.2) is 5.78 Å². The molecular weight excluding hydrogens is 956 g/mol. The lowest BCUT2D eigenvalue weighted by Crippen LogP contribution is -2.47. The summed E-state index contributed by atoms with van der Waals surface area (Å²) in [6.07, 6.45) is 7.40. The smallest absolute Gasteiger partial charge is 0.332 e. The molecule has 69 heavy (non-hydrogen) atoms. The van der Waals surface area contributed by atoms with Crippen LogP contribution in [-0.4, -0.2) is 110 Å². The van der Waals surface area contributed by atoms with E-state index in [2.05, 4.69) is 59.9 Å². The minimum Gasteiger partial charge on any atom is -0.497 e. The number of aromatic nitrogens is 2. The van der Waals surface area contributed by atoms with E-state index in [1.54, 1.807) is 56.7 Å². The highest BCUT2D eigenvalue weighted by molar-refractivity contribution is 9.09. The Kier molecular flexibility index (Phi) is 15.4. The summed E-state index contributed by atoms with van der Waals surface area (Å²) in [5.41, 5.74) is -0.508. The molecule has 8 atom stereocenters. The van der Waals surface area contributed by atoms with E-state index in [1.165, 1.54) is 21.3 Å². The number of ether oxygens (including phenoxy) is 6. The van der Waals surface area contributed by atoms with Gasteiger partial charge in [-0.2, -0.15) is 5.11 Å². The summed E-state index contributed by atoms with van der Waals surface area (Å²) in [7, 11) is 7.15. The average Bonchev–Trinajstić information content (AvgIpc) is 4.11. The summed E-state index contributed by atoms with van der Waals surface area (Å²) in [5, 5.41) is 14.5. The van der Waals surface area contributed by atoms with Crippen LogP contribution in [0.3, 0.4) is 0 Å². The Hall–Kier alpha value is -6.76. The van der Waals surface area contributed by atoms with Gasteiger partial charge in [-0.1, -0.05) is 28.1 Å². The standard InChI is InChI=1S/C25H27BrN2O6.C25H28N4O6/c1-4-15-12-25(15,24(31)33-3)28-23(30)14-5-6-17(9-14)34-22-11-20(21(29)13-26)27-19-10-16(32-2)7-8-18(19)22;1-5-15-13-25(15,24(32)34-4)28-22(30)14-6-7-17(10-14)35-21-12-20(23(31)29-26-2)27-19-11-16(33-3)8-9-18(19)21/h4,7-8,10-11,14-15,17H,1,5-6,9,12-13H2,2-3H3,(H,28,30);5,8-9,11-12,14-15,17H,1,6-7,10,13H2,2-4H3,(H,28,30)/t2*14-,15-,17?,25+/m00/s1. The highest BCUT2D eigenvalue weighted by Crippen LogP contribution is 2.47. The zero-order chi connectivity index (χ0) is 49.6. The normalized spacial score (nSPS) is 25.4. The maximum absolute atomic E-state index is 13.0. The van der Waals surface area contributed by atoms with E-state index >= 15 is 0 Å². The van der Waals surface area contributed by atoms with Crippen molar-refractivity contribution in [2.75, 3.05) is 40.8 Å². The molecule has 364 valence electrons. The van der Waals surface area contributed by atoms with Crippen LogP contribution in [0.5, 0.6) is 23.0 Å². The van der Waals surface area contributed by atoms with Crippen LogP contribution in [0.25, 0.3) is 21.8 Å². The van der Waals surface area contributed by atoms with Crippen molar-refractivity contribution in [3.8, 4) is 23.0 Å². The first-order chi connectivity index (χ1) is 33.2. The fourth-order valence-electron chi connectivity index (χ4n) is 9.21. The van der Waals surface area contributed by atoms with Crippen molar-refractivity contribution in [3.05, 3.63) is 85.2 Å². The molecule has 0 bridgehead atoms. The van der Waals surface area contributed by atoms with Gasteiger partial charge in [0.1, 0.15) is 45.5 Å². The van der Waals surface area contributed by atoms with Gasteiger partial charge in [0.2, 0.25) is 11.8 Å². The van der Waals surface area contributed by atoms with Crippen molar-refractivity contribution >= 4 is 73.2 Å². The lowest BCUT2D eigenvalue weighted by Gasteiger charge is -2.20. The van der Waals surface area contributed by atoms with Crippen molar-refractivity contribution < 1.29 is 57.2 Å². The van der Waals surface area contributed by atoms with Gasteiger partial charge in [-0.3, -0.25) is 19.2 Å². The minimum absolute atomic E-state index is 0.0999. The average molecular weight is 1010 g/mol. The summed E-state index contributed by atoms with van der Waals surface area (Å²) in [6, 6.07) is 13.9. The monoisotopic (exact) mass is 1010 g/mol. The molecule has 0 saturated heterocycles. The number of esters is 2. The highest BCUT2D eigenvalue weighted by Gasteiger charge is 2.62. The number of pyridine rings is 2. The second kappa shape index (κ2) is 21.3. The molecule has 2 unspecified atom stereocenters. The number of hydrogen-bond acceptors (Lipinski definition) is 15. The first-order valence-corrected chi connectivity index (χ1v) is 23.6. The van der Waals surface area contributed by atoms with Gasteiger partial charge in [0.25, 0.3) is 0 Å². The third kappa shape index (κ3) is 10.6. The molecule has 18 nitrogen and oxygen atoms in total. The molecule has 0 radical (unpaired) electrons. The molecule has 4 aromatic rings. The molecule has 4 aliphatic rings. The summed E-state index contributed by atoms with van der Waals surface area (Å²) >= 11 is 3.20. The van der Waals surface area contributed by atoms with Crippen LogP contribution in [0, 0.1) is 23.7 Å². The summed E-state index contributed by atoms with van der Waals surface area (Å²) < 4.78 is 32.9. The number of nitrogens with zero attached hydrogens (tertiary/aromatic N) is 4. The summed E-state index contributed by atoms with van der Waals surface area (Å²) in [4.78, 5) is 84.0. The molecule has 4 saturated carbocycles. The van der Waals surface area contributed by atoms with E-state index in [0.29, 0.717) is 96.5 Å². The Labute approximate surface area is 407 Å². The number of azo groups is 1. The molecule has 0 aliphatic heterocycles. The van der Waals surface area contributed by atoms with E-state index in [1.807, 2.05) is 18.2 Å². The van der Waals surface area contributed by atoms with Crippen LogP contribution < -0.4 is 29.6 Å². The van der Waals surface area contributed by atoms with E-state index in [4.69, 9.17) is 28.4 Å². The maximum atomic E-state index is 13.0. The van der Waals surface area contributed by atoms with E-state index in [9.17, 15) is 28.8 Å². The molecule has 0 spiro atoms. The van der Waals surface area contributed by atoms with Gasteiger partial charge in [-0.15, -0.1) is 18.3 Å². The largest absolute Gasteiger partial charge is 0.497 e. The number of carbonyl (C=O) groups excluding carboxylic acids is 6. The molecule has 2 heterocycles. The molecule has 8 rings (SSSR count). The Morgan fingerprint density at radius 1 is 0.696 bits per heavy atom. The third-order valence-corrected chi connectivity index (χ3v) is 13.8. The SMILES string of the molecule is C=C[C@H]1C[C@]1(NC(=O)[C@H]1CCC(Oc2cc(C(=O)CBr)nc3cc(OC)ccc23)C1)C(=O)OC.C=C[C@H]1C[C@]1(NC(=O)[C@H]1CCC(Oc2cc(C(=O)N=NC)nc3cc(OC)ccc23)C1)C(=O)OC. The molecular formula is C50H55BrN6O12. The van der Waals surface area contributed by atoms with Gasteiger partial charge < -0.3 is 39.1 Å². The molecule has 2 aromatic carbocycles. The van der Waals surface area contributed by atoms with Crippen LogP contribution >= 0.6 is 15.9 Å². The Morgan fingerprint density at radius 3 is 1.54 bits per heavy atom. The fraction of sp³-hybridized carbons (Fsp3) is 0.440.